The van der Waals surface area contributed by atoms with Crippen LogP contribution in [0.4, 0.5) is 0 Å². The molecule has 2 aromatic heterocycles. The number of Topliss-reactive ketones (excluding diaryl/α,β-unsaturated/α-hetero) is 1. The van der Waals surface area contributed by atoms with E-state index in [2.05, 4.69) is 15.2 Å². The molecule has 0 aliphatic rings. The molecule has 0 saturated carbocycles. The number of rotatable bonds is 8. The minimum absolute atomic E-state index is 0.0257. The van der Waals surface area contributed by atoms with Crippen molar-refractivity contribution in [1.29, 1.82) is 0 Å². The highest BCUT2D eigenvalue weighted by molar-refractivity contribution is 7.91. The van der Waals surface area contributed by atoms with Crippen molar-refractivity contribution in [2.45, 2.75) is 29.2 Å². The number of ether oxygens (including phenoxy) is 1. The van der Waals surface area contributed by atoms with Crippen LogP contribution in [0, 0.1) is 0 Å². The van der Waals surface area contributed by atoms with Crippen LogP contribution < -0.4 is 0 Å². The highest BCUT2D eigenvalue weighted by atomic mass is 32.2. The lowest BCUT2D eigenvalue weighted by molar-refractivity contribution is 0.0982. The number of methoxy groups -OCH3 is 1. The van der Waals surface area contributed by atoms with Gasteiger partial charge in [-0.25, -0.2) is 13.4 Å². The number of aromatic amines is 1. The lowest BCUT2D eigenvalue weighted by Gasteiger charge is -2.08. The SMILES string of the molecule is COCc1cccc(S(=O)(=O)c2ccc(CCC(=O)c3cnc4[nH]ncc4c3)cc2)c1. The van der Waals surface area contributed by atoms with Crippen LogP contribution in [0.15, 0.2) is 76.8 Å². The van der Waals surface area contributed by atoms with E-state index in [9.17, 15) is 13.2 Å². The van der Waals surface area contributed by atoms with Gasteiger partial charge in [0, 0.05) is 30.7 Å². The highest BCUT2D eigenvalue weighted by Gasteiger charge is 2.18. The van der Waals surface area contributed by atoms with E-state index in [4.69, 9.17) is 4.74 Å². The van der Waals surface area contributed by atoms with Gasteiger partial charge in [-0.15, -0.1) is 0 Å². The monoisotopic (exact) mass is 435 g/mol. The van der Waals surface area contributed by atoms with Gasteiger partial charge < -0.3 is 4.74 Å². The number of nitrogens with one attached hydrogen (secondary N) is 1. The zero-order valence-corrected chi connectivity index (χ0v) is 17.7. The van der Waals surface area contributed by atoms with Crippen molar-refractivity contribution in [3.05, 3.63) is 83.7 Å². The molecule has 2 heterocycles. The van der Waals surface area contributed by atoms with Crippen molar-refractivity contribution in [1.82, 2.24) is 15.2 Å². The Morgan fingerprint density at radius 2 is 1.81 bits per heavy atom. The molecule has 0 spiro atoms. The summed E-state index contributed by atoms with van der Waals surface area (Å²) in [6.45, 7) is 0.347. The van der Waals surface area contributed by atoms with Crippen molar-refractivity contribution >= 4 is 26.7 Å². The molecule has 8 heteroatoms. The maximum absolute atomic E-state index is 12.9. The Balaban J connectivity index is 1.45. The maximum Gasteiger partial charge on any atom is 0.206 e. The average molecular weight is 436 g/mol. The molecule has 1 N–H and O–H groups in total. The number of carbonyl (C=O) groups excluding carboxylic acids is 1. The van der Waals surface area contributed by atoms with Crippen LogP contribution in [0.1, 0.15) is 27.9 Å². The quantitative estimate of drug-likeness (QED) is 0.423. The first-order chi connectivity index (χ1) is 15.0. The number of aromatic nitrogens is 3. The fraction of sp³-hybridized carbons (Fsp3) is 0.174. The summed E-state index contributed by atoms with van der Waals surface area (Å²) in [7, 11) is -2.06. The second-order valence-corrected chi connectivity index (χ2v) is 9.13. The summed E-state index contributed by atoms with van der Waals surface area (Å²) < 4.78 is 30.9. The standard InChI is InChI=1S/C23H21N3O4S/c1-30-15-17-3-2-4-21(11-17)31(28,29)20-8-5-16(6-9-20)7-10-22(27)18-12-19-14-25-26-23(19)24-13-18/h2-6,8-9,11-14H,7,10,15H2,1H3,(H,24,25,26). The normalized spacial score (nSPS) is 11.6. The molecule has 0 radical (unpaired) electrons. The molecule has 2 aromatic carbocycles. The molecule has 0 saturated heterocycles. The summed E-state index contributed by atoms with van der Waals surface area (Å²) in [6.07, 6.45) is 3.97. The smallest absolute Gasteiger partial charge is 0.206 e. The van der Waals surface area contributed by atoms with Crippen molar-refractivity contribution in [3.63, 3.8) is 0 Å². The van der Waals surface area contributed by atoms with E-state index in [1.165, 1.54) is 6.20 Å². The molecule has 4 aromatic rings. The lowest BCUT2D eigenvalue weighted by atomic mass is 10.0. The largest absolute Gasteiger partial charge is 0.380 e. The van der Waals surface area contributed by atoms with Crippen LogP contribution in [-0.4, -0.2) is 36.5 Å². The summed E-state index contributed by atoms with van der Waals surface area (Å²) >= 11 is 0. The van der Waals surface area contributed by atoms with E-state index < -0.39 is 9.84 Å². The number of hydrogen-bond acceptors (Lipinski definition) is 6. The number of ketones is 1. The van der Waals surface area contributed by atoms with Crippen LogP contribution in [0.5, 0.6) is 0 Å². The summed E-state index contributed by atoms with van der Waals surface area (Å²) in [5.74, 6) is -0.0257. The van der Waals surface area contributed by atoms with E-state index in [-0.39, 0.29) is 15.6 Å². The number of hydrogen-bond donors (Lipinski definition) is 1. The molecule has 7 nitrogen and oxygen atoms in total. The van der Waals surface area contributed by atoms with Crippen molar-refractivity contribution in [2.24, 2.45) is 0 Å². The van der Waals surface area contributed by atoms with Gasteiger partial charge >= 0.3 is 0 Å². The van der Waals surface area contributed by atoms with E-state index in [0.717, 1.165) is 16.5 Å². The Morgan fingerprint density at radius 1 is 1.00 bits per heavy atom. The molecule has 158 valence electrons. The number of nitrogens with zero attached hydrogens (tertiary/aromatic N) is 2. The fourth-order valence-electron chi connectivity index (χ4n) is 3.33. The van der Waals surface area contributed by atoms with Gasteiger partial charge in [0.25, 0.3) is 0 Å². The van der Waals surface area contributed by atoms with Crippen LogP contribution in [-0.2, 0) is 27.6 Å². The third-order valence-electron chi connectivity index (χ3n) is 5.01. The van der Waals surface area contributed by atoms with Crippen LogP contribution in [0.25, 0.3) is 11.0 Å². The Morgan fingerprint density at radius 3 is 2.58 bits per heavy atom. The molecule has 0 fully saturated rings. The van der Waals surface area contributed by atoms with E-state index >= 15 is 0 Å². The molecule has 0 amide bonds. The Labute approximate surface area is 180 Å². The Kier molecular flexibility index (Phi) is 5.92. The van der Waals surface area contributed by atoms with Gasteiger partial charge in [-0.2, -0.15) is 5.10 Å². The first-order valence-corrected chi connectivity index (χ1v) is 11.2. The summed E-state index contributed by atoms with van der Waals surface area (Å²) in [5.41, 5.74) is 2.85. The maximum atomic E-state index is 12.9. The molecule has 0 unspecified atom stereocenters. The van der Waals surface area contributed by atoms with Gasteiger partial charge in [0.05, 0.1) is 22.6 Å². The van der Waals surface area contributed by atoms with Crippen molar-refractivity contribution < 1.29 is 17.9 Å². The number of benzene rings is 2. The number of aryl methyl sites for hydroxylation is 1. The van der Waals surface area contributed by atoms with Gasteiger partial charge in [-0.3, -0.25) is 9.89 Å². The minimum Gasteiger partial charge on any atom is -0.380 e. The number of sulfone groups is 1. The van der Waals surface area contributed by atoms with E-state index in [1.54, 1.807) is 61.8 Å². The lowest BCUT2D eigenvalue weighted by Crippen LogP contribution is -2.04. The molecule has 0 aliphatic carbocycles. The topological polar surface area (TPSA) is 102 Å². The third kappa shape index (κ3) is 4.55. The van der Waals surface area contributed by atoms with Gasteiger partial charge in [0.15, 0.2) is 11.4 Å². The molecule has 0 bridgehead atoms. The zero-order valence-electron chi connectivity index (χ0n) is 16.9. The number of carbonyl (C=O) groups is 1. The average Bonchev–Trinajstić information content (AvgIpc) is 3.26. The first-order valence-electron chi connectivity index (χ1n) is 9.71. The molecule has 31 heavy (non-hydrogen) atoms. The predicted octanol–water partition coefficient (Wildman–Crippen LogP) is 3.75. The Bertz CT molecular complexity index is 1330. The van der Waals surface area contributed by atoms with Crippen molar-refractivity contribution in [3.8, 4) is 0 Å². The zero-order chi connectivity index (χ0) is 21.8. The van der Waals surface area contributed by atoms with E-state index in [0.29, 0.717) is 30.7 Å². The summed E-state index contributed by atoms with van der Waals surface area (Å²) in [4.78, 5) is 17.1. The van der Waals surface area contributed by atoms with E-state index in [1.807, 2.05) is 6.07 Å². The predicted molar refractivity (Wildman–Crippen MR) is 116 cm³/mol. The summed E-state index contributed by atoms with van der Waals surface area (Å²) in [6, 6.07) is 15.1. The number of H-pyrrole nitrogens is 1. The number of fused-ring (bicyclic) bond motifs is 1. The van der Waals surface area contributed by atoms with Gasteiger partial charge in [-0.05, 0) is 47.9 Å². The number of pyridine rings is 1. The second kappa shape index (κ2) is 8.79. The van der Waals surface area contributed by atoms with Gasteiger partial charge in [0.1, 0.15) is 0 Å². The fourth-order valence-corrected chi connectivity index (χ4v) is 4.66. The molecular weight excluding hydrogens is 414 g/mol. The van der Waals surface area contributed by atoms with Crippen LogP contribution >= 0.6 is 0 Å². The highest BCUT2D eigenvalue weighted by Crippen LogP contribution is 2.23. The van der Waals surface area contributed by atoms with Gasteiger partial charge in [-0.1, -0.05) is 24.3 Å². The molecule has 0 atom stereocenters. The third-order valence-corrected chi connectivity index (χ3v) is 6.77. The first kappa shape index (κ1) is 20.9. The second-order valence-electron chi connectivity index (χ2n) is 7.18. The van der Waals surface area contributed by atoms with Crippen molar-refractivity contribution in [2.75, 3.05) is 7.11 Å². The molecule has 4 rings (SSSR count). The molecule has 0 aliphatic heterocycles. The molecular formula is C23H21N3O4S. The van der Waals surface area contributed by atoms with Gasteiger partial charge in [0.2, 0.25) is 9.84 Å². The Hall–Kier alpha value is -3.36. The minimum atomic E-state index is -3.63. The van der Waals surface area contributed by atoms with Crippen LogP contribution in [0.3, 0.4) is 0 Å². The summed E-state index contributed by atoms with van der Waals surface area (Å²) in [5, 5.41) is 7.45. The van der Waals surface area contributed by atoms with Crippen LogP contribution in [0.2, 0.25) is 0 Å².